The highest BCUT2D eigenvalue weighted by Crippen LogP contribution is 2.36. The minimum Gasteiger partial charge on any atom is -0.389 e. The molecule has 0 radical (unpaired) electrons. The highest BCUT2D eigenvalue weighted by Gasteiger charge is 2.36. The molecule has 0 aliphatic rings. The van der Waals surface area contributed by atoms with Crippen molar-refractivity contribution < 1.29 is 13.2 Å². The maximum atomic E-state index is 13.2. The van der Waals surface area contributed by atoms with Crippen molar-refractivity contribution in [3.05, 3.63) is 63.3 Å². The van der Waals surface area contributed by atoms with Crippen molar-refractivity contribution in [2.75, 3.05) is 0 Å². The van der Waals surface area contributed by atoms with Crippen molar-refractivity contribution in [1.82, 2.24) is 9.78 Å². The molecule has 0 aliphatic heterocycles. The van der Waals surface area contributed by atoms with Crippen LogP contribution in [0.15, 0.2) is 36.5 Å². The van der Waals surface area contributed by atoms with Crippen molar-refractivity contribution >= 4 is 51.3 Å². The van der Waals surface area contributed by atoms with Crippen LogP contribution in [-0.2, 0) is 18.1 Å². The number of nitrogens with zero attached hydrogens (tertiary/aromatic N) is 3. The van der Waals surface area contributed by atoms with E-state index >= 15 is 0 Å². The fraction of sp³-hybridized carbons (Fsp3) is 0.211. The summed E-state index contributed by atoms with van der Waals surface area (Å²) in [5, 5.41) is 15.6. The van der Waals surface area contributed by atoms with Crippen LogP contribution in [0.1, 0.15) is 23.6 Å². The largest absolute Gasteiger partial charge is 0.416 e. The monoisotopic (exact) mass is 456 g/mol. The van der Waals surface area contributed by atoms with Gasteiger partial charge < -0.3 is 5.73 Å². The van der Waals surface area contributed by atoms with Gasteiger partial charge >= 0.3 is 6.18 Å². The van der Waals surface area contributed by atoms with Crippen LogP contribution in [-0.4, -0.2) is 14.8 Å². The Bertz CT molecular complexity index is 1170. The Hall–Kier alpha value is -2.34. The first-order valence-electron chi connectivity index (χ1n) is 8.19. The van der Waals surface area contributed by atoms with E-state index in [4.69, 9.17) is 41.2 Å². The number of hydrogen-bond acceptors (Lipinski definition) is 3. The number of hydrogen-bond donors (Lipinski definition) is 1. The van der Waals surface area contributed by atoms with Crippen LogP contribution in [0.3, 0.4) is 0 Å². The topological polar surface area (TPSA) is 67.6 Å². The van der Waals surface area contributed by atoms with Crippen molar-refractivity contribution in [1.29, 1.82) is 5.26 Å². The summed E-state index contributed by atoms with van der Waals surface area (Å²) in [6.07, 6.45) is -2.96. The Labute approximate surface area is 179 Å². The number of thiocarbonyl (C=S) groups is 1. The molecule has 3 rings (SSSR count). The van der Waals surface area contributed by atoms with Gasteiger partial charge in [0.2, 0.25) is 0 Å². The molecule has 1 heterocycles. The molecule has 0 fully saturated rings. The zero-order valence-electron chi connectivity index (χ0n) is 14.9. The van der Waals surface area contributed by atoms with Gasteiger partial charge in [0.1, 0.15) is 10.5 Å². The van der Waals surface area contributed by atoms with E-state index < -0.39 is 17.2 Å². The third-order valence-electron chi connectivity index (χ3n) is 4.51. The lowest BCUT2D eigenvalue weighted by atomic mass is 9.80. The standard InChI is InChI=1S/C19H13Cl2F3N4S/c1-18(8-25,9-28-7-10-4-12(20)6-15(21)16(10)27-28)14-5-11(19(22,23)24)2-3-13(14)17(26)29/h2-7H,9H2,1H3,(H2,26,29). The van der Waals surface area contributed by atoms with Crippen LogP contribution in [0.4, 0.5) is 13.2 Å². The molecule has 0 amide bonds. The first-order valence-corrected chi connectivity index (χ1v) is 9.36. The van der Waals surface area contributed by atoms with Crippen molar-refractivity contribution in [2.24, 2.45) is 5.73 Å². The Kier molecular flexibility index (Phi) is 5.52. The zero-order valence-corrected chi connectivity index (χ0v) is 17.2. The second-order valence-corrected chi connectivity index (χ2v) is 8.00. The van der Waals surface area contributed by atoms with Crippen LogP contribution in [0.25, 0.3) is 10.9 Å². The molecule has 0 saturated heterocycles. The van der Waals surface area contributed by atoms with Gasteiger partial charge in [0.15, 0.2) is 0 Å². The van der Waals surface area contributed by atoms with E-state index in [-0.39, 0.29) is 22.7 Å². The van der Waals surface area contributed by atoms with Gasteiger partial charge in [-0.25, -0.2) is 0 Å². The zero-order chi connectivity index (χ0) is 21.6. The number of alkyl halides is 3. The van der Waals surface area contributed by atoms with E-state index in [0.717, 1.165) is 12.1 Å². The van der Waals surface area contributed by atoms with Gasteiger partial charge in [0, 0.05) is 22.2 Å². The van der Waals surface area contributed by atoms with Crippen LogP contribution < -0.4 is 5.73 Å². The summed E-state index contributed by atoms with van der Waals surface area (Å²) >= 11 is 17.1. The van der Waals surface area contributed by atoms with E-state index in [9.17, 15) is 18.4 Å². The average molecular weight is 457 g/mol. The minimum absolute atomic E-state index is 0.0525. The summed E-state index contributed by atoms with van der Waals surface area (Å²) < 4.78 is 41.2. The van der Waals surface area contributed by atoms with Crippen LogP contribution in [0, 0.1) is 11.3 Å². The Morgan fingerprint density at radius 3 is 2.55 bits per heavy atom. The SMILES string of the molecule is CC(C#N)(Cn1cc2cc(Cl)cc(Cl)c2n1)c1cc(C(F)(F)F)ccc1C(N)=S. The molecule has 1 aromatic heterocycles. The van der Waals surface area contributed by atoms with Crippen molar-refractivity contribution in [2.45, 2.75) is 25.1 Å². The third-order valence-corrected chi connectivity index (χ3v) is 5.23. The number of nitrogens with two attached hydrogens (primary N) is 1. The summed E-state index contributed by atoms with van der Waals surface area (Å²) in [5.74, 6) is 0. The highest BCUT2D eigenvalue weighted by atomic mass is 35.5. The molecule has 0 saturated carbocycles. The van der Waals surface area contributed by atoms with E-state index in [0.29, 0.717) is 20.9 Å². The van der Waals surface area contributed by atoms with Gasteiger partial charge in [-0.05, 0) is 36.8 Å². The molecule has 10 heteroatoms. The summed E-state index contributed by atoms with van der Waals surface area (Å²) in [6.45, 7) is 1.45. The first kappa shape index (κ1) is 21.4. The Morgan fingerprint density at radius 1 is 1.28 bits per heavy atom. The lowest BCUT2D eigenvalue weighted by Crippen LogP contribution is -2.30. The molecule has 2 N–H and O–H groups in total. The van der Waals surface area contributed by atoms with Crippen LogP contribution >= 0.6 is 35.4 Å². The number of benzene rings is 2. The van der Waals surface area contributed by atoms with Gasteiger partial charge in [-0.2, -0.15) is 23.5 Å². The summed E-state index contributed by atoms with van der Waals surface area (Å²) in [7, 11) is 0. The molecule has 4 nitrogen and oxygen atoms in total. The predicted molar refractivity (Wildman–Crippen MR) is 110 cm³/mol. The number of halogens is 5. The van der Waals surface area contributed by atoms with E-state index in [2.05, 4.69) is 11.2 Å². The second kappa shape index (κ2) is 7.48. The lowest BCUT2D eigenvalue weighted by Gasteiger charge is -2.26. The number of aromatic nitrogens is 2. The van der Waals surface area contributed by atoms with Gasteiger partial charge in [-0.3, -0.25) is 4.68 Å². The average Bonchev–Trinajstić information content (AvgIpc) is 3.02. The summed E-state index contributed by atoms with van der Waals surface area (Å²) in [4.78, 5) is -0.101. The smallest absolute Gasteiger partial charge is 0.389 e. The van der Waals surface area contributed by atoms with Gasteiger partial charge in [0.05, 0.1) is 28.6 Å². The fourth-order valence-corrected chi connectivity index (χ4v) is 3.81. The number of nitriles is 1. The molecule has 2 aromatic carbocycles. The van der Waals surface area contributed by atoms with E-state index in [1.54, 1.807) is 12.3 Å². The molecule has 0 bridgehead atoms. The summed E-state index contributed by atoms with van der Waals surface area (Å²) in [5.41, 5.74) is 4.15. The number of fused-ring (bicyclic) bond motifs is 1. The molecule has 0 aliphatic carbocycles. The molecular formula is C19H13Cl2F3N4S. The van der Waals surface area contributed by atoms with E-state index in [1.807, 2.05) is 0 Å². The normalized spacial score (nSPS) is 13.8. The van der Waals surface area contributed by atoms with Crippen molar-refractivity contribution in [3.63, 3.8) is 0 Å². The van der Waals surface area contributed by atoms with Gasteiger partial charge in [-0.1, -0.05) is 41.5 Å². The molecule has 1 unspecified atom stereocenters. The minimum atomic E-state index is -4.58. The molecular weight excluding hydrogens is 444 g/mol. The summed E-state index contributed by atoms with van der Waals surface area (Å²) in [6, 6.07) is 8.25. The molecule has 1 atom stereocenters. The van der Waals surface area contributed by atoms with Crippen LogP contribution in [0.2, 0.25) is 10.0 Å². The Morgan fingerprint density at radius 2 is 1.97 bits per heavy atom. The Balaban J connectivity index is 2.14. The highest BCUT2D eigenvalue weighted by molar-refractivity contribution is 7.80. The van der Waals surface area contributed by atoms with Gasteiger partial charge in [0.25, 0.3) is 0 Å². The van der Waals surface area contributed by atoms with Gasteiger partial charge in [-0.15, -0.1) is 0 Å². The predicted octanol–water partition coefficient (Wildman–Crippen LogP) is 5.48. The number of rotatable bonds is 4. The van der Waals surface area contributed by atoms with Crippen molar-refractivity contribution in [3.8, 4) is 6.07 Å². The van der Waals surface area contributed by atoms with E-state index in [1.165, 1.54) is 23.7 Å². The molecule has 150 valence electrons. The third kappa shape index (κ3) is 4.17. The molecule has 3 aromatic rings. The fourth-order valence-electron chi connectivity index (χ4n) is 3.09. The maximum Gasteiger partial charge on any atom is 0.416 e. The first-order chi connectivity index (χ1) is 13.4. The quantitative estimate of drug-likeness (QED) is 0.527. The lowest BCUT2D eigenvalue weighted by molar-refractivity contribution is -0.137. The maximum absolute atomic E-state index is 13.2. The second-order valence-electron chi connectivity index (χ2n) is 6.72. The van der Waals surface area contributed by atoms with Crippen LogP contribution in [0.5, 0.6) is 0 Å². The molecule has 0 spiro atoms. The molecule has 29 heavy (non-hydrogen) atoms.